The van der Waals surface area contributed by atoms with Gasteiger partial charge in [0.15, 0.2) is 0 Å². The van der Waals surface area contributed by atoms with Gasteiger partial charge in [0, 0.05) is 6.54 Å². The topological polar surface area (TPSA) is 40.6 Å². The molecule has 19 heavy (non-hydrogen) atoms. The molecule has 0 aliphatic carbocycles. The second kappa shape index (κ2) is 8.31. The number of carbonyl (C=O) groups is 2. The van der Waals surface area contributed by atoms with Gasteiger partial charge in [-0.3, -0.25) is 14.5 Å². The first-order chi connectivity index (χ1) is 9.06. The minimum Gasteiger partial charge on any atom is -0.334 e. The average Bonchev–Trinajstić information content (AvgIpc) is 2.93. The maximum Gasteiger partial charge on any atom is 0.243 e. The first kappa shape index (κ1) is 18.1. The van der Waals surface area contributed by atoms with Crippen LogP contribution in [0.5, 0.6) is 0 Å². The molecule has 1 spiro atoms. The molecule has 0 aromatic heterocycles. The summed E-state index contributed by atoms with van der Waals surface area (Å²) >= 11 is 0. The van der Waals surface area contributed by atoms with E-state index < -0.39 is 0 Å². The number of Topliss-reactive ketones (excluding diaryl/α,β-unsaturated/α-hetero) is 1. The summed E-state index contributed by atoms with van der Waals surface area (Å²) in [7, 11) is 2.02. The highest BCUT2D eigenvalue weighted by Crippen LogP contribution is 2.37. The number of carbonyl (C=O) groups excluding carboxylic acids is 2. The molecule has 1 atom stereocenters. The SMILES string of the molecule is CC.CC.CC(=O)CN1CCC2(CCCN2C)C1=O. The smallest absolute Gasteiger partial charge is 0.243 e. The van der Waals surface area contributed by atoms with Crippen LogP contribution >= 0.6 is 0 Å². The fourth-order valence-electron chi connectivity index (χ4n) is 2.84. The summed E-state index contributed by atoms with van der Waals surface area (Å²) in [6, 6.07) is 0. The van der Waals surface area contributed by atoms with Gasteiger partial charge in [0.05, 0.1) is 6.54 Å². The molecule has 1 unspecified atom stereocenters. The molecule has 0 bridgehead atoms. The van der Waals surface area contributed by atoms with Gasteiger partial charge in [-0.05, 0) is 39.8 Å². The summed E-state index contributed by atoms with van der Waals surface area (Å²) in [6.07, 6.45) is 2.93. The maximum atomic E-state index is 12.2. The number of nitrogens with zero attached hydrogens (tertiary/aromatic N) is 2. The number of amides is 1. The molecule has 2 aliphatic rings. The third kappa shape index (κ3) is 3.78. The molecule has 2 aliphatic heterocycles. The van der Waals surface area contributed by atoms with Crippen LogP contribution in [0.4, 0.5) is 0 Å². The molecule has 112 valence electrons. The molecule has 1 amide bonds. The van der Waals surface area contributed by atoms with Crippen LogP contribution in [-0.2, 0) is 9.59 Å². The van der Waals surface area contributed by atoms with E-state index in [2.05, 4.69) is 4.90 Å². The van der Waals surface area contributed by atoms with Crippen molar-refractivity contribution in [2.45, 2.75) is 59.4 Å². The highest BCUT2D eigenvalue weighted by molar-refractivity contribution is 5.92. The van der Waals surface area contributed by atoms with Crippen molar-refractivity contribution >= 4 is 11.7 Å². The second-order valence-corrected chi connectivity index (χ2v) is 4.74. The molecule has 0 aromatic rings. The van der Waals surface area contributed by atoms with E-state index in [4.69, 9.17) is 0 Å². The number of hydrogen-bond donors (Lipinski definition) is 0. The van der Waals surface area contributed by atoms with Gasteiger partial charge in [0.2, 0.25) is 5.91 Å². The largest absolute Gasteiger partial charge is 0.334 e. The Labute approximate surface area is 118 Å². The summed E-state index contributed by atoms with van der Waals surface area (Å²) in [5, 5.41) is 0. The van der Waals surface area contributed by atoms with Gasteiger partial charge in [-0.25, -0.2) is 0 Å². The number of hydrogen-bond acceptors (Lipinski definition) is 3. The Bertz CT molecular complexity index is 305. The first-order valence-electron chi connectivity index (χ1n) is 7.56. The van der Waals surface area contributed by atoms with Crippen molar-refractivity contribution in [3.63, 3.8) is 0 Å². The van der Waals surface area contributed by atoms with Crippen LogP contribution in [0.15, 0.2) is 0 Å². The van der Waals surface area contributed by atoms with Gasteiger partial charge in [0.25, 0.3) is 0 Å². The molecule has 2 heterocycles. The third-order valence-corrected chi connectivity index (χ3v) is 3.71. The molecule has 0 saturated carbocycles. The predicted molar refractivity (Wildman–Crippen MR) is 79.2 cm³/mol. The molecular weight excluding hydrogens is 240 g/mol. The van der Waals surface area contributed by atoms with E-state index in [1.165, 1.54) is 6.92 Å². The lowest BCUT2D eigenvalue weighted by atomic mass is 9.95. The van der Waals surface area contributed by atoms with Crippen LogP contribution in [0.3, 0.4) is 0 Å². The summed E-state index contributed by atoms with van der Waals surface area (Å²) in [4.78, 5) is 27.1. The van der Waals surface area contributed by atoms with E-state index in [9.17, 15) is 9.59 Å². The van der Waals surface area contributed by atoms with Crippen molar-refractivity contribution in [3.8, 4) is 0 Å². The Balaban J connectivity index is 0.000000741. The van der Waals surface area contributed by atoms with Crippen molar-refractivity contribution in [2.75, 3.05) is 26.7 Å². The van der Waals surface area contributed by atoms with E-state index in [0.29, 0.717) is 0 Å². The van der Waals surface area contributed by atoms with E-state index in [1.54, 1.807) is 4.90 Å². The minimum absolute atomic E-state index is 0.0704. The van der Waals surface area contributed by atoms with Crippen molar-refractivity contribution in [1.82, 2.24) is 9.80 Å². The fraction of sp³-hybridized carbons (Fsp3) is 0.867. The Hall–Kier alpha value is -0.900. The average molecular weight is 270 g/mol. The molecule has 2 fully saturated rings. The molecule has 4 nitrogen and oxygen atoms in total. The van der Waals surface area contributed by atoms with E-state index >= 15 is 0 Å². The monoisotopic (exact) mass is 270 g/mol. The molecular formula is C15H30N2O2. The van der Waals surface area contributed by atoms with Gasteiger partial charge in [-0.15, -0.1) is 0 Å². The van der Waals surface area contributed by atoms with Gasteiger partial charge < -0.3 is 4.90 Å². The van der Waals surface area contributed by atoms with Crippen LogP contribution in [-0.4, -0.2) is 53.7 Å². The second-order valence-electron chi connectivity index (χ2n) is 4.74. The van der Waals surface area contributed by atoms with Crippen molar-refractivity contribution < 1.29 is 9.59 Å². The zero-order valence-corrected chi connectivity index (χ0v) is 13.5. The summed E-state index contributed by atoms with van der Waals surface area (Å²) in [6.45, 7) is 11.6. The molecule has 2 rings (SSSR count). The molecule has 0 radical (unpaired) electrons. The van der Waals surface area contributed by atoms with Crippen LogP contribution in [0.1, 0.15) is 53.9 Å². The lowest BCUT2D eigenvalue weighted by Gasteiger charge is -2.29. The first-order valence-corrected chi connectivity index (χ1v) is 7.56. The lowest BCUT2D eigenvalue weighted by Crippen LogP contribution is -2.49. The van der Waals surface area contributed by atoms with Crippen LogP contribution < -0.4 is 0 Å². The van der Waals surface area contributed by atoms with Gasteiger partial charge >= 0.3 is 0 Å². The van der Waals surface area contributed by atoms with Crippen molar-refractivity contribution in [2.24, 2.45) is 0 Å². The standard InChI is InChI=1S/C11H18N2O2.2C2H6/c1-9(14)8-13-7-5-11(10(13)15)4-3-6-12(11)2;2*1-2/h3-8H2,1-2H3;2*1-2H3. The van der Waals surface area contributed by atoms with E-state index in [1.807, 2.05) is 34.7 Å². The van der Waals surface area contributed by atoms with Gasteiger partial charge in [-0.2, -0.15) is 0 Å². The number of likely N-dealkylation sites (N-methyl/N-ethyl adjacent to an activating group) is 1. The Morgan fingerprint density at radius 2 is 1.74 bits per heavy atom. The summed E-state index contributed by atoms with van der Waals surface area (Å²) < 4.78 is 0. The Morgan fingerprint density at radius 1 is 1.16 bits per heavy atom. The lowest BCUT2D eigenvalue weighted by molar-refractivity contribution is -0.138. The maximum absolute atomic E-state index is 12.2. The zero-order valence-electron chi connectivity index (χ0n) is 13.5. The summed E-state index contributed by atoms with van der Waals surface area (Å²) in [5.41, 5.74) is -0.268. The number of ketones is 1. The van der Waals surface area contributed by atoms with Crippen LogP contribution in [0.25, 0.3) is 0 Å². The Morgan fingerprint density at radius 3 is 2.16 bits per heavy atom. The van der Waals surface area contributed by atoms with Gasteiger partial charge in [-0.1, -0.05) is 27.7 Å². The van der Waals surface area contributed by atoms with Crippen LogP contribution in [0.2, 0.25) is 0 Å². The highest BCUT2D eigenvalue weighted by atomic mass is 16.2. The van der Waals surface area contributed by atoms with E-state index in [0.717, 1.165) is 32.4 Å². The predicted octanol–water partition coefficient (Wildman–Crippen LogP) is 2.32. The Kier molecular flexibility index (Phi) is 7.91. The normalized spacial score (nSPS) is 25.8. The minimum atomic E-state index is -0.268. The number of likely N-dealkylation sites (tertiary alicyclic amines) is 2. The van der Waals surface area contributed by atoms with Gasteiger partial charge in [0.1, 0.15) is 11.3 Å². The van der Waals surface area contributed by atoms with Crippen molar-refractivity contribution in [1.29, 1.82) is 0 Å². The van der Waals surface area contributed by atoms with Crippen LogP contribution in [0, 0.1) is 0 Å². The molecule has 0 aromatic carbocycles. The molecule has 2 saturated heterocycles. The summed E-state index contributed by atoms with van der Waals surface area (Å²) in [5.74, 6) is 0.235. The number of rotatable bonds is 2. The molecule has 4 heteroatoms. The quantitative estimate of drug-likeness (QED) is 0.773. The fourth-order valence-corrected chi connectivity index (χ4v) is 2.84. The molecule has 0 N–H and O–H groups in total. The van der Waals surface area contributed by atoms with Crippen molar-refractivity contribution in [3.05, 3.63) is 0 Å². The third-order valence-electron chi connectivity index (χ3n) is 3.71. The highest BCUT2D eigenvalue weighted by Gasteiger charge is 2.51. The van der Waals surface area contributed by atoms with E-state index in [-0.39, 0.29) is 23.8 Å². The zero-order chi connectivity index (χ0) is 15.1.